The second-order valence-corrected chi connectivity index (χ2v) is 8.57. The van der Waals surface area contributed by atoms with Gasteiger partial charge >= 0.3 is 0 Å². The first-order valence-electron chi connectivity index (χ1n) is 6.78. The van der Waals surface area contributed by atoms with Crippen molar-refractivity contribution >= 4 is 27.1 Å². The third-order valence-corrected chi connectivity index (χ3v) is 6.71. The number of rotatable bonds is 6. The van der Waals surface area contributed by atoms with Crippen molar-refractivity contribution in [3.63, 3.8) is 0 Å². The third-order valence-electron chi connectivity index (χ3n) is 3.47. The van der Waals surface area contributed by atoms with Crippen molar-refractivity contribution in [2.24, 2.45) is 0 Å². The largest absolute Gasteiger partial charge is 0.337 e. The van der Waals surface area contributed by atoms with Gasteiger partial charge < -0.3 is 4.90 Å². The Labute approximate surface area is 125 Å². The highest BCUT2D eigenvalue weighted by Gasteiger charge is 2.23. The number of aryl methyl sites for hydroxylation is 2. The van der Waals surface area contributed by atoms with E-state index in [0.29, 0.717) is 4.88 Å². The van der Waals surface area contributed by atoms with Crippen LogP contribution in [0.25, 0.3) is 0 Å². The fraction of sp³-hybridized carbons (Fsp3) is 0.643. The molecule has 114 valence electrons. The van der Waals surface area contributed by atoms with E-state index in [-0.39, 0.29) is 23.5 Å². The van der Waals surface area contributed by atoms with Crippen molar-refractivity contribution in [3.8, 4) is 0 Å². The minimum absolute atomic E-state index is 0.0106. The summed E-state index contributed by atoms with van der Waals surface area (Å²) in [7, 11) is -1.41. The van der Waals surface area contributed by atoms with E-state index in [0.717, 1.165) is 12.0 Å². The molecule has 0 aliphatic heterocycles. The highest BCUT2D eigenvalue weighted by Crippen LogP contribution is 2.24. The molecule has 0 radical (unpaired) electrons. The molecule has 0 fully saturated rings. The van der Waals surface area contributed by atoms with Crippen molar-refractivity contribution in [1.82, 2.24) is 4.90 Å². The summed E-state index contributed by atoms with van der Waals surface area (Å²) in [4.78, 5) is 15.8. The van der Waals surface area contributed by atoms with Crippen LogP contribution in [0.4, 0.5) is 0 Å². The number of thiophene rings is 1. The average Bonchev–Trinajstić information content (AvgIpc) is 2.77. The number of carbonyl (C=O) groups excluding carboxylic acids is 1. The maximum atomic E-state index is 12.4. The zero-order chi connectivity index (χ0) is 15.5. The first kappa shape index (κ1) is 17.2. The molecule has 1 heterocycles. The van der Waals surface area contributed by atoms with E-state index in [9.17, 15) is 13.2 Å². The van der Waals surface area contributed by atoms with Crippen LogP contribution in [0.15, 0.2) is 6.07 Å². The second-order valence-electron chi connectivity index (χ2n) is 5.03. The molecule has 0 unspecified atom stereocenters. The van der Waals surface area contributed by atoms with Gasteiger partial charge in [0, 0.05) is 23.7 Å². The van der Waals surface area contributed by atoms with Gasteiger partial charge in [0.25, 0.3) is 5.91 Å². The zero-order valence-electron chi connectivity index (χ0n) is 12.8. The van der Waals surface area contributed by atoms with Crippen LogP contribution in [-0.4, -0.2) is 43.8 Å². The number of carbonyl (C=O) groups is 1. The summed E-state index contributed by atoms with van der Waals surface area (Å²) in [6, 6.07) is 1.57. The summed E-state index contributed by atoms with van der Waals surface area (Å²) in [6.45, 7) is 7.46. The summed E-state index contributed by atoms with van der Waals surface area (Å²) < 4.78 is 23.3. The molecule has 20 heavy (non-hydrogen) atoms. The second kappa shape index (κ2) is 6.72. The summed E-state index contributed by atoms with van der Waals surface area (Å²) in [5.41, 5.74) is 1.13. The van der Waals surface area contributed by atoms with Gasteiger partial charge in [-0.25, -0.2) is 8.42 Å². The van der Waals surface area contributed by atoms with Gasteiger partial charge in [-0.15, -0.1) is 11.3 Å². The molecule has 1 amide bonds. The van der Waals surface area contributed by atoms with Gasteiger partial charge in [-0.1, -0.05) is 13.8 Å². The Bertz CT molecular complexity index is 575. The van der Waals surface area contributed by atoms with Crippen LogP contribution >= 0.6 is 11.3 Å². The Hall–Kier alpha value is -0.880. The molecule has 0 bridgehead atoms. The number of sulfone groups is 1. The molecule has 0 aromatic carbocycles. The molecule has 0 aliphatic carbocycles. The fourth-order valence-corrected chi connectivity index (χ4v) is 4.24. The van der Waals surface area contributed by atoms with Crippen LogP contribution < -0.4 is 0 Å². The normalized spacial score (nSPS) is 13.2. The van der Waals surface area contributed by atoms with E-state index >= 15 is 0 Å². The maximum absolute atomic E-state index is 12.4. The van der Waals surface area contributed by atoms with Crippen LogP contribution in [0.3, 0.4) is 0 Å². The fourth-order valence-electron chi connectivity index (χ4n) is 1.95. The molecular formula is C14H23NO3S2. The molecule has 1 aromatic rings. The van der Waals surface area contributed by atoms with Gasteiger partial charge in [0.2, 0.25) is 0 Å². The van der Waals surface area contributed by atoms with Crippen molar-refractivity contribution in [1.29, 1.82) is 0 Å². The quantitative estimate of drug-likeness (QED) is 0.810. The highest BCUT2D eigenvalue weighted by molar-refractivity contribution is 7.91. The average molecular weight is 317 g/mol. The zero-order valence-corrected chi connectivity index (χ0v) is 14.4. The van der Waals surface area contributed by atoms with Crippen molar-refractivity contribution in [2.45, 2.75) is 40.2 Å². The van der Waals surface area contributed by atoms with Gasteiger partial charge in [0.15, 0.2) is 9.84 Å². The van der Waals surface area contributed by atoms with E-state index in [1.807, 2.05) is 13.0 Å². The molecule has 1 rings (SSSR count). The molecule has 0 saturated heterocycles. The predicted octanol–water partition coefficient (Wildman–Crippen LogP) is 2.51. The Balaban J connectivity index is 2.85. The van der Waals surface area contributed by atoms with Crippen LogP contribution in [0.5, 0.6) is 0 Å². The lowest BCUT2D eigenvalue weighted by Gasteiger charge is -2.24. The molecule has 1 aromatic heterocycles. The summed E-state index contributed by atoms with van der Waals surface area (Å²) >= 11 is 1.50. The van der Waals surface area contributed by atoms with Gasteiger partial charge in [0.05, 0.1) is 10.6 Å². The van der Waals surface area contributed by atoms with Gasteiger partial charge in [-0.2, -0.15) is 0 Å². The smallest absolute Gasteiger partial charge is 0.263 e. The Morgan fingerprint density at radius 3 is 2.45 bits per heavy atom. The lowest BCUT2D eigenvalue weighted by atomic mass is 10.2. The molecule has 0 spiro atoms. The van der Waals surface area contributed by atoms with Gasteiger partial charge in [-0.3, -0.25) is 4.79 Å². The Morgan fingerprint density at radius 2 is 2.00 bits per heavy atom. The first-order valence-corrected chi connectivity index (χ1v) is 9.42. The Morgan fingerprint density at radius 1 is 1.40 bits per heavy atom. The molecule has 0 saturated carbocycles. The molecular weight excluding hydrogens is 294 g/mol. The van der Waals surface area contributed by atoms with E-state index < -0.39 is 9.84 Å². The number of nitrogens with zero attached hydrogens (tertiary/aromatic N) is 1. The lowest BCUT2D eigenvalue weighted by molar-refractivity contribution is 0.0761. The van der Waals surface area contributed by atoms with E-state index in [1.54, 1.807) is 20.9 Å². The van der Waals surface area contributed by atoms with Crippen LogP contribution in [-0.2, 0) is 16.3 Å². The lowest BCUT2D eigenvalue weighted by Crippen LogP contribution is -2.39. The summed E-state index contributed by atoms with van der Waals surface area (Å²) in [6.07, 6.45) is 0.910. The molecule has 4 nitrogen and oxygen atoms in total. The Kier molecular flexibility index (Phi) is 5.77. The summed E-state index contributed by atoms with van der Waals surface area (Å²) in [5, 5.41) is 0. The number of hydrogen-bond donors (Lipinski definition) is 0. The maximum Gasteiger partial charge on any atom is 0.263 e. The molecule has 0 aliphatic rings. The van der Waals surface area contributed by atoms with E-state index in [1.165, 1.54) is 21.1 Å². The minimum atomic E-state index is -3.08. The topological polar surface area (TPSA) is 54.5 Å². The third kappa shape index (κ3) is 4.06. The number of amides is 1. The minimum Gasteiger partial charge on any atom is -0.337 e. The SMILES string of the molecule is CCc1sc(C(=O)N(C)[C@H](C)CS(=O)(=O)CC)cc1C. The van der Waals surface area contributed by atoms with Gasteiger partial charge in [0.1, 0.15) is 0 Å². The van der Waals surface area contributed by atoms with Crippen molar-refractivity contribution in [2.75, 3.05) is 18.6 Å². The van der Waals surface area contributed by atoms with Crippen LogP contribution in [0.1, 0.15) is 40.9 Å². The van der Waals surface area contributed by atoms with Crippen LogP contribution in [0, 0.1) is 6.92 Å². The standard InChI is InChI=1S/C14H23NO3S2/c1-6-12-10(3)8-13(19-12)14(16)15(5)11(4)9-20(17,18)7-2/h8,11H,6-7,9H2,1-5H3/t11-/m1/s1. The van der Waals surface area contributed by atoms with Crippen molar-refractivity contribution < 1.29 is 13.2 Å². The summed E-state index contributed by atoms with van der Waals surface area (Å²) in [5.74, 6) is 0.0189. The monoisotopic (exact) mass is 317 g/mol. The number of hydrogen-bond acceptors (Lipinski definition) is 4. The highest BCUT2D eigenvalue weighted by atomic mass is 32.2. The van der Waals surface area contributed by atoms with E-state index in [4.69, 9.17) is 0 Å². The molecule has 0 N–H and O–H groups in total. The van der Waals surface area contributed by atoms with Gasteiger partial charge in [-0.05, 0) is 31.9 Å². The van der Waals surface area contributed by atoms with E-state index in [2.05, 4.69) is 6.92 Å². The molecule has 6 heteroatoms. The molecule has 1 atom stereocenters. The van der Waals surface area contributed by atoms with Crippen molar-refractivity contribution in [3.05, 3.63) is 21.4 Å². The van der Waals surface area contributed by atoms with Crippen LogP contribution in [0.2, 0.25) is 0 Å². The first-order chi connectivity index (χ1) is 9.21. The predicted molar refractivity (Wildman–Crippen MR) is 84.3 cm³/mol.